The summed E-state index contributed by atoms with van der Waals surface area (Å²) in [5.74, 6) is 1.71. The average Bonchev–Trinajstić information content (AvgIpc) is 2.85. The number of rotatable bonds is 2. The zero-order valence-corrected chi connectivity index (χ0v) is 10.3. The Morgan fingerprint density at radius 2 is 2.06 bits per heavy atom. The summed E-state index contributed by atoms with van der Waals surface area (Å²) >= 11 is 11.8. The van der Waals surface area contributed by atoms with Gasteiger partial charge in [-0.3, -0.25) is 0 Å². The zero-order chi connectivity index (χ0) is 11.1. The van der Waals surface area contributed by atoms with E-state index in [2.05, 4.69) is 15.5 Å². The van der Waals surface area contributed by atoms with E-state index in [-0.39, 0.29) is 0 Å². The molecule has 2 fully saturated rings. The van der Waals surface area contributed by atoms with E-state index >= 15 is 0 Å². The molecule has 0 aliphatic heterocycles. The maximum atomic E-state index is 5.98. The van der Waals surface area contributed by atoms with Crippen LogP contribution in [-0.2, 0) is 0 Å². The molecule has 1 heterocycles. The highest BCUT2D eigenvalue weighted by molar-refractivity contribution is 6.33. The Morgan fingerprint density at radius 1 is 1.19 bits per heavy atom. The summed E-state index contributed by atoms with van der Waals surface area (Å²) in [5.41, 5.74) is 0.819. The fraction of sp³-hybridized carbons (Fsp3) is 0.636. The lowest BCUT2D eigenvalue weighted by atomic mass is 9.95. The van der Waals surface area contributed by atoms with Crippen molar-refractivity contribution in [3.8, 4) is 0 Å². The molecule has 2 saturated carbocycles. The van der Waals surface area contributed by atoms with Crippen molar-refractivity contribution >= 4 is 28.9 Å². The molecular weight excluding hydrogens is 245 g/mol. The van der Waals surface area contributed by atoms with Crippen molar-refractivity contribution in [2.45, 2.75) is 31.7 Å². The molecule has 3 unspecified atom stereocenters. The van der Waals surface area contributed by atoms with E-state index < -0.39 is 0 Å². The molecule has 2 bridgehead atoms. The van der Waals surface area contributed by atoms with Crippen LogP contribution in [-0.4, -0.2) is 16.2 Å². The van der Waals surface area contributed by atoms with Crippen molar-refractivity contribution in [3.63, 3.8) is 0 Å². The third kappa shape index (κ3) is 1.87. The quantitative estimate of drug-likeness (QED) is 0.883. The van der Waals surface area contributed by atoms with Crippen LogP contribution >= 0.6 is 23.2 Å². The van der Waals surface area contributed by atoms with E-state index in [4.69, 9.17) is 23.2 Å². The Kier molecular flexibility index (Phi) is 2.68. The van der Waals surface area contributed by atoms with Gasteiger partial charge >= 0.3 is 0 Å². The van der Waals surface area contributed by atoms with Gasteiger partial charge in [-0.25, -0.2) is 0 Å². The summed E-state index contributed by atoms with van der Waals surface area (Å²) in [6, 6.07) is 2.29. The van der Waals surface area contributed by atoms with Gasteiger partial charge in [-0.05, 0) is 31.1 Å². The third-order valence-corrected chi connectivity index (χ3v) is 4.26. The van der Waals surface area contributed by atoms with Crippen LogP contribution in [0.1, 0.15) is 25.7 Å². The number of nitrogens with one attached hydrogen (secondary N) is 1. The van der Waals surface area contributed by atoms with Crippen molar-refractivity contribution in [2.24, 2.45) is 11.8 Å². The Morgan fingerprint density at radius 3 is 2.75 bits per heavy atom. The predicted octanol–water partition coefficient (Wildman–Crippen LogP) is 3.38. The van der Waals surface area contributed by atoms with Gasteiger partial charge in [0.05, 0.1) is 5.69 Å². The Balaban J connectivity index is 1.76. The molecular formula is C11H13Cl2N3. The van der Waals surface area contributed by atoms with Crippen molar-refractivity contribution in [2.75, 3.05) is 5.32 Å². The van der Waals surface area contributed by atoms with Gasteiger partial charge in [-0.1, -0.05) is 29.6 Å². The van der Waals surface area contributed by atoms with Gasteiger partial charge in [0.1, 0.15) is 0 Å². The molecule has 16 heavy (non-hydrogen) atoms. The first-order valence-electron chi connectivity index (χ1n) is 5.67. The lowest BCUT2D eigenvalue weighted by molar-refractivity contribution is 0.439. The minimum absolute atomic E-state index is 0.384. The van der Waals surface area contributed by atoms with E-state index in [1.54, 1.807) is 6.07 Å². The summed E-state index contributed by atoms with van der Waals surface area (Å²) in [5, 5.41) is 11.8. The van der Waals surface area contributed by atoms with Crippen LogP contribution in [0.2, 0.25) is 10.3 Å². The minimum Gasteiger partial charge on any atom is -0.379 e. The maximum absolute atomic E-state index is 5.98. The van der Waals surface area contributed by atoms with Crippen molar-refractivity contribution in [3.05, 3.63) is 16.4 Å². The smallest absolute Gasteiger partial charge is 0.174 e. The van der Waals surface area contributed by atoms with Crippen molar-refractivity contribution in [1.82, 2.24) is 10.2 Å². The summed E-state index contributed by atoms with van der Waals surface area (Å²) in [6.07, 6.45) is 5.35. The molecule has 0 amide bonds. The van der Waals surface area contributed by atoms with Gasteiger partial charge in [0.2, 0.25) is 0 Å². The van der Waals surface area contributed by atoms with E-state index in [9.17, 15) is 0 Å². The number of nitrogens with zero attached hydrogens (tertiary/aromatic N) is 2. The SMILES string of the molecule is Clc1cc(NC2CC3CCC2C3)c(Cl)nn1. The van der Waals surface area contributed by atoms with Crippen LogP contribution in [0.4, 0.5) is 5.69 Å². The van der Waals surface area contributed by atoms with Crippen LogP contribution in [0.5, 0.6) is 0 Å². The van der Waals surface area contributed by atoms with Gasteiger partial charge in [0.25, 0.3) is 0 Å². The van der Waals surface area contributed by atoms with Crippen LogP contribution in [0.15, 0.2) is 6.07 Å². The molecule has 1 aromatic heterocycles. The minimum atomic E-state index is 0.384. The standard InChI is InChI=1S/C11H13Cl2N3/c12-10-5-9(11(13)16-15-10)14-8-4-6-1-2-7(8)3-6/h5-8H,1-4H2,(H,14,15). The maximum Gasteiger partial charge on any atom is 0.174 e. The first-order chi connectivity index (χ1) is 7.72. The van der Waals surface area contributed by atoms with E-state index in [1.165, 1.54) is 25.7 Å². The second kappa shape index (κ2) is 4.04. The second-order valence-corrected chi connectivity index (χ2v) is 5.54. The van der Waals surface area contributed by atoms with Gasteiger partial charge in [-0.15, -0.1) is 10.2 Å². The summed E-state index contributed by atoms with van der Waals surface area (Å²) in [7, 11) is 0. The molecule has 0 radical (unpaired) electrons. The van der Waals surface area contributed by atoms with Gasteiger partial charge in [-0.2, -0.15) is 0 Å². The molecule has 3 nitrogen and oxygen atoms in total. The lowest BCUT2D eigenvalue weighted by Gasteiger charge is -2.24. The summed E-state index contributed by atoms with van der Waals surface area (Å²) < 4.78 is 0. The monoisotopic (exact) mass is 257 g/mol. The molecule has 86 valence electrons. The average molecular weight is 258 g/mol. The van der Waals surface area contributed by atoms with E-state index in [1.807, 2.05) is 0 Å². The van der Waals surface area contributed by atoms with Gasteiger partial charge in [0, 0.05) is 12.1 Å². The molecule has 5 heteroatoms. The largest absolute Gasteiger partial charge is 0.379 e. The molecule has 2 aliphatic carbocycles. The lowest BCUT2D eigenvalue weighted by Crippen LogP contribution is -2.26. The number of anilines is 1. The van der Waals surface area contributed by atoms with Crippen LogP contribution < -0.4 is 5.32 Å². The highest BCUT2D eigenvalue weighted by atomic mass is 35.5. The first-order valence-corrected chi connectivity index (χ1v) is 6.43. The van der Waals surface area contributed by atoms with E-state index in [0.29, 0.717) is 16.3 Å². The van der Waals surface area contributed by atoms with Crippen molar-refractivity contribution in [1.29, 1.82) is 0 Å². The molecule has 2 aliphatic rings. The predicted molar refractivity (Wildman–Crippen MR) is 64.9 cm³/mol. The Labute approximate surface area is 105 Å². The second-order valence-electron chi connectivity index (χ2n) is 4.80. The fourth-order valence-electron chi connectivity index (χ4n) is 3.08. The molecule has 0 aromatic carbocycles. The summed E-state index contributed by atoms with van der Waals surface area (Å²) in [6.45, 7) is 0. The normalized spacial score (nSPS) is 32.0. The number of fused-ring (bicyclic) bond motifs is 2. The molecule has 0 spiro atoms. The number of hydrogen-bond donors (Lipinski definition) is 1. The zero-order valence-electron chi connectivity index (χ0n) is 8.79. The van der Waals surface area contributed by atoms with Crippen LogP contribution in [0.25, 0.3) is 0 Å². The molecule has 1 aromatic rings. The van der Waals surface area contributed by atoms with Crippen molar-refractivity contribution < 1.29 is 0 Å². The highest BCUT2D eigenvalue weighted by Crippen LogP contribution is 2.45. The van der Waals surface area contributed by atoms with Gasteiger partial charge < -0.3 is 5.32 Å². The number of aromatic nitrogens is 2. The fourth-order valence-corrected chi connectivity index (χ4v) is 3.37. The molecule has 0 saturated heterocycles. The Bertz CT molecular complexity index is 410. The molecule has 3 rings (SSSR count). The summed E-state index contributed by atoms with van der Waals surface area (Å²) in [4.78, 5) is 0. The molecule has 1 N–H and O–H groups in total. The third-order valence-electron chi connectivity index (χ3n) is 3.80. The van der Waals surface area contributed by atoms with Crippen LogP contribution in [0.3, 0.4) is 0 Å². The topological polar surface area (TPSA) is 37.8 Å². The molecule has 3 atom stereocenters. The Hall–Kier alpha value is -0.540. The highest BCUT2D eigenvalue weighted by Gasteiger charge is 2.39. The first kappa shape index (κ1) is 10.6. The van der Waals surface area contributed by atoms with Crippen LogP contribution in [0, 0.1) is 11.8 Å². The number of hydrogen-bond acceptors (Lipinski definition) is 3. The van der Waals surface area contributed by atoms with E-state index in [0.717, 1.165) is 17.5 Å². The number of halogens is 2. The van der Waals surface area contributed by atoms with Gasteiger partial charge in [0.15, 0.2) is 10.3 Å².